The first-order chi connectivity index (χ1) is 10.2. The van der Waals surface area contributed by atoms with Crippen molar-refractivity contribution in [3.63, 3.8) is 0 Å². The first-order valence-electron chi connectivity index (χ1n) is 7.57. The molecule has 0 fully saturated rings. The van der Waals surface area contributed by atoms with Crippen LogP contribution in [-0.4, -0.2) is 6.26 Å². The van der Waals surface area contributed by atoms with Gasteiger partial charge in [0, 0.05) is 5.75 Å². The number of thioether (sulfide) groups is 1. The van der Waals surface area contributed by atoms with E-state index in [0.717, 1.165) is 12.2 Å². The molecule has 3 rings (SSSR count). The minimum atomic E-state index is 0.563. The molecule has 0 spiro atoms. The Morgan fingerprint density at radius 1 is 1.05 bits per heavy atom. The van der Waals surface area contributed by atoms with E-state index in [0.29, 0.717) is 5.92 Å². The summed E-state index contributed by atoms with van der Waals surface area (Å²) in [7, 11) is 0. The van der Waals surface area contributed by atoms with Crippen LogP contribution in [0.4, 0.5) is 0 Å². The lowest BCUT2D eigenvalue weighted by Gasteiger charge is -2.20. The molecule has 1 heteroatoms. The van der Waals surface area contributed by atoms with Gasteiger partial charge in [-0.15, -0.1) is 0 Å². The Labute approximate surface area is 132 Å². The molecule has 1 unspecified atom stereocenters. The fraction of sp³-hybridized carbons (Fsp3) is 0.300. The molecule has 1 aliphatic carbocycles. The maximum Gasteiger partial charge on any atom is 0.0181 e. The van der Waals surface area contributed by atoms with Crippen LogP contribution in [0.25, 0.3) is 12.2 Å². The SMILES string of the molecule is CSCc1ccc2c(c1)CC(C)c1cc(C)ccc1/C=C\2. The highest BCUT2D eigenvalue weighted by Crippen LogP contribution is 2.31. The molecule has 2 aromatic rings. The van der Waals surface area contributed by atoms with Gasteiger partial charge in [0.15, 0.2) is 0 Å². The molecule has 0 heterocycles. The van der Waals surface area contributed by atoms with Gasteiger partial charge in [-0.25, -0.2) is 0 Å². The van der Waals surface area contributed by atoms with Crippen molar-refractivity contribution in [2.24, 2.45) is 0 Å². The minimum Gasteiger partial charge on any atom is -0.161 e. The Morgan fingerprint density at radius 3 is 2.62 bits per heavy atom. The van der Waals surface area contributed by atoms with E-state index in [2.05, 4.69) is 68.7 Å². The van der Waals surface area contributed by atoms with E-state index in [1.165, 1.54) is 33.4 Å². The molecule has 0 amide bonds. The van der Waals surface area contributed by atoms with Crippen LogP contribution >= 0.6 is 11.8 Å². The Balaban J connectivity index is 2.05. The Morgan fingerprint density at radius 2 is 1.81 bits per heavy atom. The summed E-state index contributed by atoms with van der Waals surface area (Å²) in [4.78, 5) is 0. The number of benzene rings is 2. The molecule has 108 valence electrons. The Hall–Kier alpha value is -1.47. The van der Waals surface area contributed by atoms with E-state index in [-0.39, 0.29) is 0 Å². The van der Waals surface area contributed by atoms with E-state index in [9.17, 15) is 0 Å². The Bertz CT molecular complexity index is 682. The maximum absolute atomic E-state index is 2.40. The molecule has 0 bridgehead atoms. The van der Waals surface area contributed by atoms with E-state index in [1.54, 1.807) is 0 Å². The third-order valence-corrected chi connectivity index (χ3v) is 4.88. The first-order valence-corrected chi connectivity index (χ1v) is 8.96. The van der Waals surface area contributed by atoms with E-state index in [1.807, 2.05) is 11.8 Å². The molecule has 1 aliphatic rings. The van der Waals surface area contributed by atoms with E-state index >= 15 is 0 Å². The number of fused-ring (bicyclic) bond motifs is 2. The van der Waals surface area contributed by atoms with Crippen LogP contribution in [0.2, 0.25) is 0 Å². The lowest BCUT2D eigenvalue weighted by atomic mass is 9.85. The summed E-state index contributed by atoms with van der Waals surface area (Å²) < 4.78 is 0. The quantitative estimate of drug-likeness (QED) is 0.686. The van der Waals surface area contributed by atoms with Crippen molar-refractivity contribution < 1.29 is 0 Å². The van der Waals surface area contributed by atoms with Crippen LogP contribution in [-0.2, 0) is 12.2 Å². The normalized spacial score (nSPS) is 18.3. The Kier molecular flexibility index (Phi) is 4.21. The topological polar surface area (TPSA) is 0 Å². The third-order valence-electron chi connectivity index (χ3n) is 4.26. The van der Waals surface area contributed by atoms with E-state index < -0.39 is 0 Å². The van der Waals surface area contributed by atoms with Gasteiger partial charge in [0.2, 0.25) is 0 Å². The van der Waals surface area contributed by atoms with Crippen LogP contribution in [0.1, 0.15) is 46.2 Å². The summed E-state index contributed by atoms with van der Waals surface area (Å²) in [6.45, 7) is 4.53. The summed E-state index contributed by atoms with van der Waals surface area (Å²) in [5, 5.41) is 0. The van der Waals surface area contributed by atoms with Crippen molar-refractivity contribution in [3.8, 4) is 0 Å². The summed E-state index contributed by atoms with van der Waals surface area (Å²) in [6.07, 6.45) is 7.84. The zero-order valence-corrected chi connectivity index (χ0v) is 13.8. The largest absolute Gasteiger partial charge is 0.161 e. The lowest BCUT2D eigenvalue weighted by Crippen LogP contribution is -2.05. The van der Waals surface area contributed by atoms with Crippen molar-refractivity contribution >= 4 is 23.9 Å². The summed E-state index contributed by atoms with van der Waals surface area (Å²) >= 11 is 1.89. The molecule has 0 N–H and O–H groups in total. The monoisotopic (exact) mass is 294 g/mol. The molecule has 0 saturated heterocycles. The molecule has 0 radical (unpaired) electrons. The molecule has 0 aliphatic heterocycles. The summed E-state index contributed by atoms with van der Waals surface area (Å²) in [6, 6.07) is 13.8. The first kappa shape index (κ1) is 14.5. The van der Waals surface area contributed by atoms with Gasteiger partial charge in [-0.1, -0.05) is 61.0 Å². The second-order valence-corrected chi connectivity index (χ2v) is 6.90. The minimum absolute atomic E-state index is 0.563. The second kappa shape index (κ2) is 6.11. The van der Waals surface area contributed by atoms with Gasteiger partial charge in [-0.2, -0.15) is 11.8 Å². The van der Waals surface area contributed by atoms with E-state index in [4.69, 9.17) is 0 Å². The molecule has 0 aromatic heterocycles. The van der Waals surface area contributed by atoms with Crippen molar-refractivity contribution in [3.05, 3.63) is 69.8 Å². The van der Waals surface area contributed by atoms with Crippen LogP contribution in [0.3, 0.4) is 0 Å². The average molecular weight is 294 g/mol. The van der Waals surface area contributed by atoms with Gasteiger partial charge < -0.3 is 0 Å². The highest BCUT2D eigenvalue weighted by molar-refractivity contribution is 7.97. The zero-order valence-electron chi connectivity index (χ0n) is 13.0. The summed E-state index contributed by atoms with van der Waals surface area (Å²) in [5.74, 6) is 1.66. The fourth-order valence-corrected chi connectivity index (χ4v) is 3.66. The smallest absolute Gasteiger partial charge is 0.0181 e. The van der Waals surface area contributed by atoms with Crippen LogP contribution in [0.5, 0.6) is 0 Å². The van der Waals surface area contributed by atoms with Gasteiger partial charge >= 0.3 is 0 Å². The molecule has 21 heavy (non-hydrogen) atoms. The maximum atomic E-state index is 2.40. The number of hydrogen-bond acceptors (Lipinski definition) is 1. The fourth-order valence-electron chi connectivity index (χ4n) is 3.15. The third kappa shape index (κ3) is 3.08. The van der Waals surface area contributed by atoms with Gasteiger partial charge in [-0.05, 0) is 53.3 Å². The predicted molar refractivity (Wildman–Crippen MR) is 95.9 cm³/mol. The standard InChI is InChI=1S/C20H22S/c1-14-4-6-18-9-8-17-7-5-16(13-21-3)12-19(17)11-15(2)20(18)10-14/h4-10,12,15H,11,13H2,1-3H3/b9-8-. The average Bonchev–Trinajstić information content (AvgIpc) is 2.46. The highest BCUT2D eigenvalue weighted by Gasteiger charge is 2.15. The van der Waals surface area contributed by atoms with Crippen LogP contribution in [0.15, 0.2) is 36.4 Å². The number of hydrogen-bond donors (Lipinski definition) is 0. The molecule has 0 saturated carbocycles. The lowest BCUT2D eigenvalue weighted by molar-refractivity contribution is 0.754. The van der Waals surface area contributed by atoms with Gasteiger partial charge in [0.25, 0.3) is 0 Å². The van der Waals surface area contributed by atoms with Gasteiger partial charge in [-0.3, -0.25) is 0 Å². The predicted octanol–water partition coefficient (Wildman–Crippen LogP) is 5.69. The number of aryl methyl sites for hydroxylation is 1. The van der Waals surface area contributed by atoms with Crippen LogP contribution in [0, 0.1) is 6.92 Å². The molecule has 2 aromatic carbocycles. The summed E-state index contributed by atoms with van der Waals surface area (Å²) in [5.41, 5.74) is 8.49. The molecular formula is C20H22S. The molecule has 0 nitrogen and oxygen atoms in total. The van der Waals surface area contributed by atoms with Crippen molar-refractivity contribution in [2.75, 3.05) is 6.26 Å². The van der Waals surface area contributed by atoms with Crippen molar-refractivity contribution in [2.45, 2.75) is 31.9 Å². The van der Waals surface area contributed by atoms with Gasteiger partial charge in [0.05, 0.1) is 0 Å². The highest BCUT2D eigenvalue weighted by atomic mass is 32.2. The van der Waals surface area contributed by atoms with Gasteiger partial charge in [0.1, 0.15) is 0 Å². The second-order valence-electron chi connectivity index (χ2n) is 6.04. The zero-order chi connectivity index (χ0) is 14.8. The van der Waals surface area contributed by atoms with Crippen LogP contribution < -0.4 is 0 Å². The molecule has 1 atom stereocenters. The van der Waals surface area contributed by atoms with Crippen molar-refractivity contribution in [1.82, 2.24) is 0 Å². The molecular weight excluding hydrogens is 272 g/mol. The van der Waals surface area contributed by atoms with Crippen molar-refractivity contribution in [1.29, 1.82) is 0 Å². The number of rotatable bonds is 2.